The lowest BCUT2D eigenvalue weighted by Gasteiger charge is -2.27. The smallest absolute Gasteiger partial charge is 0.259 e. The fourth-order valence-electron chi connectivity index (χ4n) is 1.53. The van der Waals surface area contributed by atoms with Crippen molar-refractivity contribution in [3.8, 4) is 0 Å². The van der Waals surface area contributed by atoms with Crippen molar-refractivity contribution in [3.63, 3.8) is 0 Å². The maximum atomic E-state index is 12.1. The predicted octanol–water partition coefficient (Wildman–Crippen LogP) is 3.44. The van der Waals surface area contributed by atoms with E-state index in [1.165, 1.54) is 12.1 Å². The molecular formula is C12H17O5PS. The molecule has 5 nitrogen and oxygen atoms in total. The van der Waals surface area contributed by atoms with Crippen LogP contribution in [0.4, 0.5) is 0 Å². The summed E-state index contributed by atoms with van der Waals surface area (Å²) < 4.78 is 45.0. The molecule has 0 aromatic heterocycles. The van der Waals surface area contributed by atoms with Crippen molar-refractivity contribution in [3.05, 3.63) is 29.8 Å². The van der Waals surface area contributed by atoms with Crippen LogP contribution in [-0.4, -0.2) is 14.2 Å². The molecule has 0 heterocycles. The Labute approximate surface area is 115 Å². The van der Waals surface area contributed by atoms with Crippen LogP contribution in [0.15, 0.2) is 29.2 Å². The van der Waals surface area contributed by atoms with Gasteiger partial charge >= 0.3 is 8.69 Å². The zero-order chi connectivity index (χ0) is 14.5. The molecule has 0 spiro atoms. The van der Waals surface area contributed by atoms with Gasteiger partial charge in [-0.15, -0.1) is 0 Å². The maximum absolute atomic E-state index is 12.1. The first-order valence-electron chi connectivity index (χ1n) is 5.92. The summed E-state index contributed by atoms with van der Waals surface area (Å²) in [5.41, 5.74) is 0.950. The lowest BCUT2D eigenvalue weighted by molar-refractivity contribution is -0.106. The summed E-state index contributed by atoms with van der Waals surface area (Å²) >= 11 is 0. The molecule has 0 fully saturated rings. The van der Waals surface area contributed by atoms with Crippen LogP contribution in [0.25, 0.3) is 0 Å². The average molecular weight is 304 g/mol. The second kappa shape index (κ2) is 6.57. The number of hydrogen-bond acceptors (Lipinski definition) is 5. The third kappa shape index (κ3) is 4.08. The molecular weight excluding hydrogens is 287 g/mol. The predicted molar refractivity (Wildman–Crippen MR) is 71.5 cm³/mol. The minimum atomic E-state index is -3.95. The molecule has 0 unspecified atom stereocenters. The highest BCUT2D eigenvalue weighted by Crippen LogP contribution is 2.31. The van der Waals surface area contributed by atoms with Crippen molar-refractivity contribution in [2.75, 3.05) is 0 Å². The van der Waals surface area contributed by atoms with Crippen molar-refractivity contribution >= 4 is 18.8 Å². The van der Waals surface area contributed by atoms with Gasteiger partial charge < -0.3 is 0 Å². The SMILES string of the molecule is CCC(CC)(OP=O)OS(=O)(=O)c1ccc(C)cc1. The molecule has 106 valence electrons. The lowest BCUT2D eigenvalue weighted by atomic mass is 10.2. The summed E-state index contributed by atoms with van der Waals surface area (Å²) in [6, 6.07) is 6.30. The Morgan fingerprint density at radius 3 is 2.11 bits per heavy atom. The van der Waals surface area contributed by atoms with E-state index in [0.717, 1.165) is 5.56 Å². The van der Waals surface area contributed by atoms with E-state index in [4.69, 9.17) is 8.71 Å². The van der Waals surface area contributed by atoms with Crippen LogP contribution in [0.2, 0.25) is 0 Å². The first-order chi connectivity index (χ1) is 8.89. The molecule has 0 atom stereocenters. The van der Waals surface area contributed by atoms with Gasteiger partial charge in [0.1, 0.15) is 0 Å². The molecule has 0 N–H and O–H groups in total. The summed E-state index contributed by atoms with van der Waals surface area (Å²) in [5, 5.41) is 0. The van der Waals surface area contributed by atoms with Crippen LogP contribution in [0, 0.1) is 6.92 Å². The third-order valence-corrected chi connectivity index (χ3v) is 4.63. The van der Waals surface area contributed by atoms with Crippen LogP contribution in [0.1, 0.15) is 32.3 Å². The highest BCUT2D eigenvalue weighted by molar-refractivity contribution is 7.86. The van der Waals surface area contributed by atoms with Gasteiger partial charge in [-0.25, -0.2) is 8.75 Å². The van der Waals surface area contributed by atoms with Gasteiger partial charge in [-0.1, -0.05) is 31.5 Å². The van der Waals surface area contributed by atoms with Crippen molar-refractivity contribution in [2.24, 2.45) is 0 Å². The number of rotatable bonds is 7. The van der Waals surface area contributed by atoms with Gasteiger partial charge in [-0.05, 0) is 19.1 Å². The standard InChI is InChI=1S/C12H17O5PS/c1-4-12(5-2,16-18-13)17-19(14,15)11-8-6-10(3)7-9-11/h6-9H,4-5H2,1-3H3. The summed E-state index contributed by atoms with van der Waals surface area (Å²) in [5.74, 6) is -1.40. The molecule has 0 aliphatic rings. The Morgan fingerprint density at radius 1 is 1.16 bits per heavy atom. The Balaban J connectivity index is 3.06. The lowest BCUT2D eigenvalue weighted by Crippen LogP contribution is -2.34. The second-order valence-electron chi connectivity index (χ2n) is 4.13. The zero-order valence-corrected chi connectivity index (χ0v) is 12.8. The molecule has 7 heteroatoms. The Morgan fingerprint density at radius 2 is 1.68 bits per heavy atom. The van der Waals surface area contributed by atoms with Crippen LogP contribution in [-0.2, 0) is 23.4 Å². The maximum Gasteiger partial charge on any atom is 0.330 e. The number of aryl methyl sites for hydroxylation is 1. The fourth-order valence-corrected chi connectivity index (χ4v) is 3.25. The van der Waals surface area contributed by atoms with Crippen molar-refractivity contribution in [1.29, 1.82) is 0 Å². The molecule has 0 saturated heterocycles. The molecule has 1 aromatic rings. The van der Waals surface area contributed by atoms with Gasteiger partial charge in [0, 0.05) is 12.8 Å². The van der Waals surface area contributed by atoms with Crippen LogP contribution in [0.3, 0.4) is 0 Å². The van der Waals surface area contributed by atoms with E-state index in [1.54, 1.807) is 26.0 Å². The fraction of sp³-hybridized carbons (Fsp3) is 0.500. The molecule has 19 heavy (non-hydrogen) atoms. The van der Waals surface area contributed by atoms with Gasteiger partial charge in [0.05, 0.1) is 4.90 Å². The molecule has 0 aliphatic heterocycles. The van der Waals surface area contributed by atoms with E-state index in [-0.39, 0.29) is 17.7 Å². The van der Waals surface area contributed by atoms with Crippen molar-refractivity contribution < 1.29 is 21.7 Å². The van der Waals surface area contributed by atoms with E-state index in [0.29, 0.717) is 0 Å². The second-order valence-corrected chi connectivity index (χ2v) is 6.01. The van der Waals surface area contributed by atoms with Crippen LogP contribution >= 0.6 is 8.69 Å². The van der Waals surface area contributed by atoms with E-state index >= 15 is 0 Å². The molecule has 0 bridgehead atoms. The number of benzene rings is 1. The highest BCUT2D eigenvalue weighted by atomic mass is 32.2. The minimum Gasteiger partial charge on any atom is -0.259 e. The largest absolute Gasteiger partial charge is 0.330 e. The van der Waals surface area contributed by atoms with Crippen LogP contribution < -0.4 is 0 Å². The molecule has 1 aromatic carbocycles. The summed E-state index contributed by atoms with van der Waals surface area (Å²) in [6.07, 6.45) is 0.535. The van der Waals surface area contributed by atoms with Crippen molar-refractivity contribution in [1.82, 2.24) is 0 Å². The summed E-state index contributed by atoms with van der Waals surface area (Å²) in [4.78, 5) is 0.0514. The van der Waals surface area contributed by atoms with E-state index < -0.39 is 24.6 Å². The van der Waals surface area contributed by atoms with Gasteiger partial charge in [0.2, 0.25) is 0 Å². The normalized spacial score (nSPS) is 12.8. The topological polar surface area (TPSA) is 69.7 Å². The molecule has 0 amide bonds. The van der Waals surface area contributed by atoms with E-state index in [2.05, 4.69) is 0 Å². The first-order valence-corrected chi connectivity index (χ1v) is 8.06. The Bertz CT molecular complexity index is 520. The van der Waals surface area contributed by atoms with Gasteiger partial charge in [0.15, 0.2) is 5.79 Å². The van der Waals surface area contributed by atoms with E-state index in [1.807, 2.05) is 6.92 Å². The summed E-state index contributed by atoms with van der Waals surface area (Å²) in [6.45, 7) is 5.28. The average Bonchev–Trinajstić information content (AvgIpc) is 2.38. The molecule has 0 saturated carbocycles. The quantitative estimate of drug-likeness (QED) is 0.438. The monoisotopic (exact) mass is 304 g/mol. The first kappa shape index (κ1) is 16.2. The minimum absolute atomic E-state index is 0.0514. The zero-order valence-electron chi connectivity index (χ0n) is 11.1. The summed E-state index contributed by atoms with van der Waals surface area (Å²) in [7, 11) is -4.56. The molecule has 1 rings (SSSR count). The molecule has 0 radical (unpaired) electrons. The van der Waals surface area contributed by atoms with Gasteiger partial charge in [-0.2, -0.15) is 8.42 Å². The molecule has 0 aliphatic carbocycles. The number of hydrogen-bond donors (Lipinski definition) is 0. The van der Waals surface area contributed by atoms with E-state index in [9.17, 15) is 13.0 Å². The van der Waals surface area contributed by atoms with Crippen LogP contribution in [0.5, 0.6) is 0 Å². The Hall–Kier alpha value is -0.810. The van der Waals surface area contributed by atoms with Gasteiger partial charge in [-0.3, -0.25) is 4.52 Å². The third-order valence-electron chi connectivity index (χ3n) is 2.85. The Kier molecular flexibility index (Phi) is 5.62. The van der Waals surface area contributed by atoms with Crippen molar-refractivity contribution in [2.45, 2.75) is 44.3 Å². The highest BCUT2D eigenvalue weighted by Gasteiger charge is 2.35. The van der Waals surface area contributed by atoms with Gasteiger partial charge in [0.25, 0.3) is 10.1 Å².